The zero-order valence-electron chi connectivity index (χ0n) is 14.1. The van der Waals surface area contributed by atoms with E-state index in [-0.39, 0.29) is 5.91 Å². The number of fused-ring (bicyclic) bond motifs is 2. The number of carbonyl (C=O) groups is 1. The van der Waals surface area contributed by atoms with Crippen molar-refractivity contribution in [1.29, 1.82) is 0 Å². The third-order valence-corrected chi connectivity index (χ3v) is 6.44. The second-order valence-corrected chi connectivity index (χ2v) is 8.17. The Labute approximate surface area is 163 Å². The Balaban J connectivity index is 1.90. The Kier molecular flexibility index (Phi) is 4.28. The van der Waals surface area contributed by atoms with Gasteiger partial charge in [-0.25, -0.2) is 0 Å². The van der Waals surface area contributed by atoms with Crippen LogP contribution >= 0.6 is 31.9 Å². The number of carbonyl (C=O) groups excluding carboxylic acids is 1. The summed E-state index contributed by atoms with van der Waals surface area (Å²) in [6.07, 6.45) is 6.35. The Bertz CT molecular complexity index is 928. The van der Waals surface area contributed by atoms with Crippen LogP contribution in [0.4, 0.5) is 5.69 Å². The smallest absolute Gasteiger partial charge is 0.256 e. The van der Waals surface area contributed by atoms with Crippen LogP contribution in [0.1, 0.15) is 40.9 Å². The van der Waals surface area contributed by atoms with E-state index in [9.17, 15) is 4.79 Å². The van der Waals surface area contributed by atoms with Crippen LogP contribution in [0.2, 0.25) is 0 Å². The minimum absolute atomic E-state index is 0.0912. The molecular formula is C19H18Br2N2O2. The molecule has 0 saturated heterocycles. The van der Waals surface area contributed by atoms with Gasteiger partial charge < -0.3 is 15.0 Å². The van der Waals surface area contributed by atoms with Crippen molar-refractivity contribution in [3.63, 3.8) is 0 Å². The van der Waals surface area contributed by atoms with Gasteiger partial charge in [0.05, 0.1) is 24.1 Å². The Morgan fingerprint density at radius 2 is 1.96 bits per heavy atom. The fraction of sp³-hybridized carbons (Fsp3) is 0.316. The van der Waals surface area contributed by atoms with Gasteiger partial charge in [-0.3, -0.25) is 4.79 Å². The molecule has 0 atom stereocenters. The number of hydrogen-bond acceptors (Lipinski definition) is 2. The summed E-state index contributed by atoms with van der Waals surface area (Å²) >= 11 is 7.12. The number of aromatic nitrogens is 1. The zero-order chi connectivity index (χ0) is 17.7. The average molecular weight is 466 g/mol. The molecular weight excluding hydrogens is 448 g/mol. The minimum atomic E-state index is -0.0912. The highest BCUT2D eigenvalue weighted by Crippen LogP contribution is 2.44. The fourth-order valence-electron chi connectivity index (χ4n) is 3.76. The van der Waals surface area contributed by atoms with Gasteiger partial charge in [-0.05, 0) is 66.2 Å². The number of hydrogen-bond donors (Lipinski definition) is 2. The molecule has 2 aliphatic rings. The molecule has 0 unspecified atom stereocenters. The lowest BCUT2D eigenvalue weighted by molar-refractivity contribution is -0.110. The lowest BCUT2D eigenvalue weighted by atomic mass is 9.97. The third kappa shape index (κ3) is 2.66. The summed E-state index contributed by atoms with van der Waals surface area (Å²) < 4.78 is 7.51. The molecule has 1 aromatic heterocycles. The van der Waals surface area contributed by atoms with Crippen molar-refractivity contribution in [2.45, 2.75) is 32.6 Å². The number of methoxy groups -OCH3 is 1. The quantitative estimate of drug-likeness (QED) is 0.596. The summed E-state index contributed by atoms with van der Waals surface area (Å²) in [6.45, 7) is 2.01. The van der Waals surface area contributed by atoms with Crippen molar-refractivity contribution in [1.82, 2.24) is 4.98 Å². The molecule has 0 fully saturated rings. The molecule has 1 aromatic carbocycles. The Morgan fingerprint density at radius 3 is 2.72 bits per heavy atom. The van der Waals surface area contributed by atoms with Crippen molar-refractivity contribution in [3.05, 3.63) is 43.1 Å². The third-order valence-electron chi connectivity index (χ3n) is 4.99. The van der Waals surface area contributed by atoms with Crippen LogP contribution in [0, 0.1) is 6.92 Å². The number of halogens is 2. The maximum atomic E-state index is 12.6. The molecule has 25 heavy (non-hydrogen) atoms. The van der Waals surface area contributed by atoms with Gasteiger partial charge in [0.15, 0.2) is 0 Å². The molecule has 0 radical (unpaired) electrons. The van der Waals surface area contributed by atoms with Crippen molar-refractivity contribution >= 4 is 55.1 Å². The molecule has 0 saturated carbocycles. The number of H-pyrrole nitrogens is 1. The predicted molar refractivity (Wildman–Crippen MR) is 107 cm³/mol. The van der Waals surface area contributed by atoms with Gasteiger partial charge in [-0.2, -0.15) is 0 Å². The number of aryl methyl sites for hydroxylation is 1. The van der Waals surface area contributed by atoms with Crippen LogP contribution in [-0.2, 0) is 17.6 Å². The highest BCUT2D eigenvalue weighted by molar-refractivity contribution is 9.11. The van der Waals surface area contributed by atoms with E-state index in [1.54, 1.807) is 7.11 Å². The Hall–Kier alpha value is -1.53. The standard InChI is InChI=1S/C19H18Br2N2O2/c1-9-12(20)8-13(21)17-16(9)11(19(24)23-17)7-15-18(25-2)10-5-3-4-6-14(10)22-15/h7-8,22H,3-6H2,1-2H3,(H,23,24). The molecule has 6 heteroatoms. The number of aromatic amines is 1. The normalized spacial score (nSPS) is 17.4. The van der Waals surface area contributed by atoms with Gasteiger partial charge in [0.1, 0.15) is 5.75 Å². The van der Waals surface area contributed by atoms with Gasteiger partial charge in [0.25, 0.3) is 5.91 Å². The van der Waals surface area contributed by atoms with Crippen molar-refractivity contribution in [3.8, 4) is 5.75 Å². The van der Waals surface area contributed by atoms with Crippen LogP contribution in [0.3, 0.4) is 0 Å². The van der Waals surface area contributed by atoms with Gasteiger partial charge in [-0.1, -0.05) is 15.9 Å². The maximum Gasteiger partial charge on any atom is 0.256 e. The molecule has 0 bridgehead atoms. The van der Waals surface area contributed by atoms with Crippen LogP contribution in [-0.4, -0.2) is 18.0 Å². The summed E-state index contributed by atoms with van der Waals surface area (Å²) in [5.74, 6) is 0.779. The number of benzene rings is 1. The van der Waals surface area contributed by atoms with Crippen molar-refractivity contribution in [2.24, 2.45) is 0 Å². The molecule has 0 spiro atoms. The lowest BCUT2D eigenvalue weighted by Gasteiger charge is -2.11. The summed E-state index contributed by atoms with van der Waals surface area (Å²) in [7, 11) is 1.70. The van der Waals surface area contributed by atoms with Crippen LogP contribution in [0.5, 0.6) is 5.75 Å². The molecule has 4 nitrogen and oxygen atoms in total. The van der Waals surface area contributed by atoms with E-state index in [0.29, 0.717) is 5.57 Å². The van der Waals surface area contributed by atoms with E-state index in [1.807, 2.05) is 19.1 Å². The van der Waals surface area contributed by atoms with E-state index in [4.69, 9.17) is 4.74 Å². The van der Waals surface area contributed by atoms with E-state index >= 15 is 0 Å². The van der Waals surface area contributed by atoms with Gasteiger partial charge in [-0.15, -0.1) is 0 Å². The maximum absolute atomic E-state index is 12.6. The summed E-state index contributed by atoms with van der Waals surface area (Å²) in [5, 5.41) is 2.97. The second kappa shape index (κ2) is 6.32. The second-order valence-electron chi connectivity index (χ2n) is 6.46. The monoisotopic (exact) mass is 464 g/mol. The van der Waals surface area contributed by atoms with E-state index in [0.717, 1.165) is 50.0 Å². The summed E-state index contributed by atoms with van der Waals surface area (Å²) in [5.41, 5.74) is 6.83. The lowest BCUT2D eigenvalue weighted by Crippen LogP contribution is -2.04. The highest BCUT2D eigenvalue weighted by atomic mass is 79.9. The molecule has 2 aromatic rings. The number of nitrogens with one attached hydrogen (secondary N) is 2. The molecule has 4 rings (SSSR count). The first-order valence-corrected chi connectivity index (χ1v) is 9.89. The zero-order valence-corrected chi connectivity index (χ0v) is 17.2. The number of amides is 1. The van der Waals surface area contributed by atoms with Crippen molar-refractivity contribution in [2.75, 3.05) is 12.4 Å². The molecule has 130 valence electrons. The molecule has 1 aliphatic carbocycles. The van der Waals surface area contributed by atoms with E-state index < -0.39 is 0 Å². The van der Waals surface area contributed by atoms with Gasteiger partial charge in [0, 0.05) is 25.8 Å². The number of rotatable bonds is 2. The summed E-state index contributed by atoms with van der Waals surface area (Å²) in [6, 6.07) is 1.96. The minimum Gasteiger partial charge on any atom is -0.494 e. The molecule has 2 N–H and O–H groups in total. The van der Waals surface area contributed by atoms with Crippen LogP contribution in [0.15, 0.2) is 15.0 Å². The van der Waals surface area contributed by atoms with Crippen LogP contribution in [0.25, 0.3) is 11.6 Å². The number of ether oxygens (including phenoxy) is 1. The molecule has 1 aliphatic heterocycles. The first kappa shape index (κ1) is 16.9. The topological polar surface area (TPSA) is 54.1 Å². The first-order chi connectivity index (χ1) is 12.0. The van der Waals surface area contributed by atoms with Crippen LogP contribution < -0.4 is 10.1 Å². The highest BCUT2D eigenvalue weighted by Gasteiger charge is 2.30. The van der Waals surface area contributed by atoms with E-state index in [2.05, 4.69) is 42.2 Å². The van der Waals surface area contributed by atoms with E-state index in [1.165, 1.54) is 24.1 Å². The fourth-order valence-corrected chi connectivity index (χ4v) is 5.02. The number of anilines is 1. The largest absolute Gasteiger partial charge is 0.494 e. The molecule has 1 amide bonds. The molecule has 2 heterocycles. The van der Waals surface area contributed by atoms with Gasteiger partial charge in [0.2, 0.25) is 0 Å². The average Bonchev–Trinajstić information content (AvgIpc) is 3.11. The Morgan fingerprint density at radius 1 is 1.20 bits per heavy atom. The summed E-state index contributed by atoms with van der Waals surface area (Å²) in [4.78, 5) is 16.1. The van der Waals surface area contributed by atoms with Gasteiger partial charge >= 0.3 is 0 Å². The predicted octanol–water partition coefficient (Wildman–Crippen LogP) is 5.23. The van der Waals surface area contributed by atoms with Crippen molar-refractivity contribution < 1.29 is 9.53 Å². The first-order valence-electron chi connectivity index (χ1n) is 8.31. The SMILES string of the molecule is COc1c(C=C2C(=O)Nc3c(Br)cc(Br)c(C)c32)[nH]c2c1CCCC2.